The van der Waals surface area contributed by atoms with Crippen LogP contribution in [0.2, 0.25) is 0 Å². The van der Waals surface area contributed by atoms with Crippen LogP contribution in [0.5, 0.6) is 0 Å². The molecule has 1 unspecified atom stereocenters. The third-order valence-corrected chi connectivity index (χ3v) is 2.68. The summed E-state index contributed by atoms with van der Waals surface area (Å²) in [5, 5.41) is 5.33. The normalized spacial score (nSPS) is 15.8. The van der Waals surface area contributed by atoms with E-state index >= 15 is 0 Å². The number of pyridine rings is 1. The Morgan fingerprint density at radius 1 is 1.39 bits per heavy atom. The second-order valence-electron chi connectivity index (χ2n) is 4.41. The average molecular weight is 249 g/mol. The Morgan fingerprint density at radius 2 is 2.11 bits per heavy atom. The van der Waals surface area contributed by atoms with Crippen LogP contribution in [-0.4, -0.2) is 28.9 Å². The number of aromatic nitrogens is 1. The number of nitrogens with one attached hydrogen (secondary N) is 3. The Kier molecular flexibility index (Phi) is 3.45. The smallest absolute Gasteiger partial charge is 0.268 e. The van der Waals surface area contributed by atoms with E-state index in [2.05, 4.69) is 15.6 Å². The summed E-state index contributed by atoms with van der Waals surface area (Å²) >= 11 is 0. The van der Waals surface area contributed by atoms with E-state index in [1.54, 1.807) is 6.92 Å². The van der Waals surface area contributed by atoms with Crippen LogP contribution < -0.4 is 16.2 Å². The predicted molar refractivity (Wildman–Crippen MR) is 65.2 cm³/mol. The van der Waals surface area contributed by atoms with Crippen molar-refractivity contribution in [2.45, 2.75) is 31.8 Å². The van der Waals surface area contributed by atoms with E-state index in [-0.39, 0.29) is 23.2 Å². The number of rotatable bonds is 4. The molecule has 1 fully saturated rings. The summed E-state index contributed by atoms with van der Waals surface area (Å²) in [7, 11) is 0. The van der Waals surface area contributed by atoms with Gasteiger partial charge in [-0.1, -0.05) is 6.07 Å². The van der Waals surface area contributed by atoms with E-state index in [0.717, 1.165) is 12.8 Å². The van der Waals surface area contributed by atoms with E-state index in [1.807, 2.05) is 0 Å². The topological polar surface area (TPSA) is 91.1 Å². The molecule has 0 aromatic carbocycles. The van der Waals surface area contributed by atoms with Gasteiger partial charge < -0.3 is 15.6 Å². The highest BCUT2D eigenvalue weighted by molar-refractivity contribution is 5.95. The van der Waals surface area contributed by atoms with Crippen LogP contribution in [0.4, 0.5) is 0 Å². The van der Waals surface area contributed by atoms with Gasteiger partial charge in [-0.15, -0.1) is 0 Å². The van der Waals surface area contributed by atoms with Crippen LogP contribution in [0.3, 0.4) is 0 Å². The molecule has 0 bridgehead atoms. The minimum Gasteiger partial charge on any atom is -0.352 e. The largest absolute Gasteiger partial charge is 0.352 e. The predicted octanol–water partition coefficient (Wildman–Crippen LogP) is -0.228. The first-order valence-corrected chi connectivity index (χ1v) is 5.87. The Hall–Kier alpha value is -2.11. The second-order valence-corrected chi connectivity index (χ2v) is 4.41. The van der Waals surface area contributed by atoms with Crippen molar-refractivity contribution in [1.82, 2.24) is 15.6 Å². The highest BCUT2D eigenvalue weighted by Crippen LogP contribution is 2.18. The van der Waals surface area contributed by atoms with Gasteiger partial charge >= 0.3 is 0 Å². The van der Waals surface area contributed by atoms with Crippen molar-refractivity contribution in [3.05, 3.63) is 34.2 Å². The molecule has 1 atom stereocenters. The summed E-state index contributed by atoms with van der Waals surface area (Å²) in [6, 6.07) is 3.93. The maximum atomic E-state index is 11.8. The van der Waals surface area contributed by atoms with Crippen molar-refractivity contribution < 1.29 is 9.59 Å². The number of hydrogen-bond acceptors (Lipinski definition) is 3. The molecule has 1 aliphatic rings. The molecule has 0 aliphatic heterocycles. The Balaban J connectivity index is 1.93. The highest BCUT2D eigenvalue weighted by atomic mass is 16.2. The summed E-state index contributed by atoms with van der Waals surface area (Å²) in [4.78, 5) is 36.8. The lowest BCUT2D eigenvalue weighted by Crippen LogP contribution is -2.45. The molecule has 0 saturated heterocycles. The lowest BCUT2D eigenvalue weighted by molar-refractivity contribution is -0.122. The van der Waals surface area contributed by atoms with Gasteiger partial charge in [0.1, 0.15) is 11.7 Å². The van der Waals surface area contributed by atoms with Gasteiger partial charge in [-0.25, -0.2) is 0 Å². The maximum Gasteiger partial charge on any atom is 0.268 e. The molecule has 1 saturated carbocycles. The van der Waals surface area contributed by atoms with Crippen LogP contribution in [0.15, 0.2) is 23.0 Å². The molecular formula is C12H15N3O3. The molecule has 2 amide bonds. The zero-order chi connectivity index (χ0) is 13.1. The maximum absolute atomic E-state index is 11.8. The Bertz CT molecular complexity index is 519. The van der Waals surface area contributed by atoms with Crippen molar-refractivity contribution in [3.8, 4) is 0 Å². The summed E-state index contributed by atoms with van der Waals surface area (Å²) in [5.74, 6) is -0.671. The average Bonchev–Trinajstić information content (AvgIpc) is 3.12. The third-order valence-electron chi connectivity index (χ3n) is 2.68. The SMILES string of the molecule is CC(NC(=O)c1cccc(=O)[nH]1)C(=O)NC1CC1. The third kappa shape index (κ3) is 3.19. The van der Waals surface area contributed by atoms with E-state index in [4.69, 9.17) is 0 Å². The van der Waals surface area contributed by atoms with Crippen LogP contribution in [0, 0.1) is 0 Å². The van der Waals surface area contributed by atoms with Gasteiger partial charge in [0.05, 0.1) is 0 Å². The minimum atomic E-state index is -0.623. The van der Waals surface area contributed by atoms with Gasteiger partial charge in [-0.2, -0.15) is 0 Å². The van der Waals surface area contributed by atoms with Crippen molar-refractivity contribution >= 4 is 11.8 Å². The van der Waals surface area contributed by atoms with Crippen molar-refractivity contribution in [2.24, 2.45) is 0 Å². The minimum absolute atomic E-state index is 0.147. The van der Waals surface area contributed by atoms with Crippen molar-refractivity contribution in [1.29, 1.82) is 0 Å². The fourth-order valence-corrected chi connectivity index (χ4v) is 1.47. The van der Waals surface area contributed by atoms with Gasteiger partial charge in [0.15, 0.2) is 0 Å². The van der Waals surface area contributed by atoms with Crippen LogP contribution >= 0.6 is 0 Å². The number of H-pyrrole nitrogens is 1. The number of aromatic amines is 1. The van der Waals surface area contributed by atoms with E-state index in [0.29, 0.717) is 0 Å². The molecule has 0 spiro atoms. The van der Waals surface area contributed by atoms with E-state index in [9.17, 15) is 14.4 Å². The number of carbonyl (C=O) groups excluding carboxylic acids is 2. The zero-order valence-corrected chi connectivity index (χ0v) is 10.0. The molecule has 1 aliphatic carbocycles. The molecule has 18 heavy (non-hydrogen) atoms. The zero-order valence-electron chi connectivity index (χ0n) is 10.0. The van der Waals surface area contributed by atoms with Crippen LogP contribution in [-0.2, 0) is 4.79 Å². The standard InChI is InChI=1S/C12H15N3O3/c1-7(11(17)14-8-5-6-8)13-12(18)9-3-2-4-10(16)15-9/h2-4,7-8H,5-6H2,1H3,(H,13,18)(H,14,17)(H,15,16). The number of amides is 2. The molecule has 96 valence electrons. The summed E-state index contributed by atoms with van der Waals surface area (Å²) < 4.78 is 0. The number of hydrogen-bond donors (Lipinski definition) is 3. The van der Waals surface area contributed by atoms with Gasteiger partial charge in [0.2, 0.25) is 11.5 Å². The van der Waals surface area contributed by atoms with Gasteiger partial charge in [-0.05, 0) is 25.8 Å². The molecule has 1 aromatic heterocycles. The first-order chi connectivity index (χ1) is 8.56. The molecule has 3 N–H and O–H groups in total. The fourth-order valence-electron chi connectivity index (χ4n) is 1.47. The first-order valence-electron chi connectivity index (χ1n) is 5.87. The molecule has 6 heteroatoms. The Morgan fingerprint density at radius 3 is 2.72 bits per heavy atom. The van der Waals surface area contributed by atoms with Crippen LogP contribution in [0.1, 0.15) is 30.3 Å². The van der Waals surface area contributed by atoms with Gasteiger partial charge in [0, 0.05) is 12.1 Å². The molecule has 6 nitrogen and oxygen atoms in total. The summed E-state index contributed by atoms with van der Waals surface area (Å²) in [6.07, 6.45) is 2.00. The molecule has 2 rings (SSSR count). The van der Waals surface area contributed by atoms with Crippen molar-refractivity contribution in [2.75, 3.05) is 0 Å². The van der Waals surface area contributed by atoms with Gasteiger partial charge in [-0.3, -0.25) is 14.4 Å². The highest BCUT2D eigenvalue weighted by Gasteiger charge is 2.26. The van der Waals surface area contributed by atoms with Crippen LogP contribution in [0.25, 0.3) is 0 Å². The number of carbonyl (C=O) groups is 2. The lowest BCUT2D eigenvalue weighted by atomic mass is 10.2. The first kappa shape index (κ1) is 12.3. The van der Waals surface area contributed by atoms with E-state index < -0.39 is 11.9 Å². The van der Waals surface area contributed by atoms with E-state index in [1.165, 1.54) is 18.2 Å². The molecule has 0 radical (unpaired) electrons. The van der Waals surface area contributed by atoms with Crippen molar-refractivity contribution in [3.63, 3.8) is 0 Å². The quantitative estimate of drug-likeness (QED) is 0.688. The summed E-state index contributed by atoms with van der Waals surface area (Å²) in [6.45, 7) is 1.61. The monoisotopic (exact) mass is 249 g/mol. The molecule has 1 aromatic rings. The summed E-state index contributed by atoms with van der Waals surface area (Å²) in [5.41, 5.74) is -0.202. The fraction of sp³-hybridized carbons (Fsp3) is 0.417. The second kappa shape index (κ2) is 5.03. The Labute approximate surface area is 104 Å². The lowest BCUT2D eigenvalue weighted by Gasteiger charge is -2.13. The molecular weight excluding hydrogens is 234 g/mol. The molecule has 1 heterocycles. The van der Waals surface area contributed by atoms with Gasteiger partial charge in [0.25, 0.3) is 5.91 Å².